The van der Waals surface area contributed by atoms with E-state index in [0.717, 1.165) is 15.9 Å². The van der Waals surface area contributed by atoms with Crippen LogP contribution in [0.25, 0.3) is 27.6 Å². The highest BCUT2D eigenvalue weighted by Crippen LogP contribution is 2.30. The number of aromatic nitrogens is 6. The van der Waals surface area contributed by atoms with Gasteiger partial charge in [-0.25, -0.2) is 19.2 Å². The highest BCUT2D eigenvalue weighted by molar-refractivity contribution is 7.13. The summed E-state index contributed by atoms with van der Waals surface area (Å²) >= 11 is 7.43. The Morgan fingerprint density at radius 1 is 1.36 bits per heavy atom. The van der Waals surface area contributed by atoms with Gasteiger partial charge < -0.3 is 0 Å². The van der Waals surface area contributed by atoms with Gasteiger partial charge in [0.2, 0.25) is 0 Å². The second-order valence-corrected chi connectivity index (χ2v) is 6.36. The third kappa shape index (κ3) is 2.69. The van der Waals surface area contributed by atoms with Gasteiger partial charge in [0, 0.05) is 16.0 Å². The molecule has 25 heavy (non-hydrogen) atoms. The smallest absolute Gasteiger partial charge is 0.245 e. The normalized spacial score (nSPS) is 10.9. The van der Waals surface area contributed by atoms with Crippen molar-refractivity contribution < 1.29 is 0 Å². The summed E-state index contributed by atoms with van der Waals surface area (Å²) in [5.41, 5.74) is 2.12. The number of nitrogens with zero attached hydrogens (tertiary/aromatic N) is 6. The Morgan fingerprint density at radius 3 is 3.04 bits per heavy atom. The van der Waals surface area contributed by atoms with Crippen LogP contribution in [0.1, 0.15) is 0 Å². The van der Waals surface area contributed by atoms with Gasteiger partial charge in [0.25, 0.3) is 0 Å². The SMILES string of the molecule is C#CCn1nnc2c(-c3nc(-c4cccc(Cl)c4)cs3)ncn2c1=O. The van der Waals surface area contributed by atoms with Gasteiger partial charge in [-0.2, -0.15) is 4.68 Å². The van der Waals surface area contributed by atoms with E-state index in [1.54, 1.807) is 6.07 Å². The quantitative estimate of drug-likeness (QED) is 0.519. The lowest BCUT2D eigenvalue weighted by molar-refractivity contribution is 0.577. The molecule has 0 spiro atoms. The van der Waals surface area contributed by atoms with Crippen LogP contribution < -0.4 is 5.69 Å². The fraction of sp³-hybridized carbons (Fsp3) is 0.0625. The zero-order valence-corrected chi connectivity index (χ0v) is 14.2. The van der Waals surface area contributed by atoms with Crippen molar-refractivity contribution in [1.82, 2.24) is 29.4 Å². The number of imidazole rings is 1. The summed E-state index contributed by atoms with van der Waals surface area (Å²) in [5.74, 6) is 2.36. The number of terminal acetylenes is 1. The van der Waals surface area contributed by atoms with Crippen molar-refractivity contribution in [1.29, 1.82) is 0 Å². The second kappa shape index (κ2) is 6.12. The Bertz CT molecular complexity index is 1190. The van der Waals surface area contributed by atoms with Crippen LogP contribution in [0.4, 0.5) is 0 Å². The second-order valence-electron chi connectivity index (χ2n) is 5.07. The van der Waals surface area contributed by atoms with Crippen LogP contribution in [-0.2, 0) is 6.54 Å². The largest absolute Gasteiger partial charge is 0.353 e. The Morgan fingerprint density at radius 2 is 2.24 bits per heavy atom. The van der Waals surface area contributed by atoms with Crippen molar-refractivity contribution >= 4 is 28.6 Å². The summed E-state index contributed by atoms with van der Waals surface area (Å²) in [6.07, 6.45) is 6.62. The van der Waals surface area contributed by atoms with Crippen LogP contribution in [-0.4, -0.2) is 29.4 Å². The van der Waals surface area contributed by atoms with Crippen LogP contribution in [0, 0.1) is 12.3 Å². The zero-order chi connectivity index (χ0) is 17.4. The first-order valence-electron chi connectivity index (χ1n) is 7.13. The zero-order valence-electron chi connectivity index (χ0n) is 12.6. The number of rotatable bonds is 3. The highest BCUT2D eigenvalue weighted by atomic mass is 35.5. The Kier molecular flexibility index (Phi) is 3.80. The predicted octanol–water partition coefficient (Wildman–Crippen LogP) is 2.36. The number of halogens is 1. The van der Waals surface area contributed by atoms with Gasteiger partial charge in [0.05, 0.1) is 5.69 Å². The topological polar surface area (TPSA) is 78.0 Å². The lowest BCUT2D eigenvalue weighted by Crippen LogP contribution is -2.29. The molecule has 0 fully saturated rings. The van der Waals surface area contributed by atoms with Gasteiger partial charge in [-0.3, -0.25) is 0 Å². The molecule has 4 aromatic rings. The van der Waals surface area contributed by atoms with Crippen LogP contribution >= 0.6 is 22.9 Å². The van der Waals surface area contributed by atoms with Crippen LogP contribution in [0.2, 0.25) is 5.02 Å². The number of benzene rings is 1. The van der Waals surface area contributed by atoms with E-state index >= 15 is 0 Å². The first-order chi connectivity index (χ1) is 12.2. The molecule has 0 aliphatic carbocycles. The van der Waals surface area contributed by atoms with Crippen molar-refractivity contribution in [2.45, 2.75) is 6.54 Å². The molecule has 122 valence electrons. The van der Waals surface area contributed by atoms with Crippen molar-refractivity contribution in [3.05, 3.63) is 51.5 Å². The van der Waals surface area contributed by atoms with Gasteiger partial charge in [-0.05, 0) is 12.1 Å². The summed E-state index contributed by atoms with van der Waals surface area (Å²) in [6, 6.07) is 7.43. The van der Waals surface area contributed by atoms with Gasteiger partial charge in [-0.1, -0.05) is 34.9 Å². The highest BCUT2D eigenvalue weighted by Gasteiger charge is 2.16. The first kappa shape index (κ1) is 15.5. The molecular weight excluding hydrogens is 360 g/mol. The summed E-state index contributed by atoms with van der Waals surface area (Å²) < 4.78 is 2.40. The molecule has 4 rings (SSSR count). The molecule has 0 saturated carbocycles. The molecule has 0 saturated heterocycles. The molecule has 3 heterocycles. The lowest BCUT2D eigenvalue weighted by Gasteiger charge is -1.99. The minimum atomic E-state index is -0.395. The van der Waals surface area contributed by atoms with Gasteiger partial charge in [0.1, 0.15) is 23.6 Å². The first-order valence-corrected chi connectivity index (χ1v) is 8.39. The molecule has 0 radical (unpaired) electrons. The molecule has 0 N–H and O–H groups in total. The molecular formula is C16H9ClN6OS. The number of hydrogen-bond acceptors (Lipinski definition) is 6. The van der Waals surface area contributed by atoms with E-state index in [4.69, 9.17) is 18.0 Å². The molecule has 7 nitrogen and oxygen atoms in total. The minimum absolute atomic E-state index is 0.0471. The van der Waals surface area contributed by atoms with Gasteiger partial charge in [0.15, 0.2) is 5.65 Å². The average Bonchev–Trinajstić information content (AvgIpc) is 3.24. The molecule has 0 aliphatic heterocycles. The van der Waals surface area contributed by atoms with Crippen molar-refractivity contribution in [3.63, 3.8) is 0 Å². The maximum Gasteiger partial charge on any atom is 0.353 e. The van der Waals surface area contributed by atoms with Crippen LogP contribution in [0.15, 0.2) is 40.8 Å². The molecule has 0 aliphatic rings. The fourth-order valence-electron chi connectivity index (χ4n) is 2.34. The maximum absolute atomic E-state index is 12.3. The Balaban J connectivity index is 1.80. The number of thiazole rings is 1. The molecule has 3 aromatic heterocycles. The standard InChI is InChI=1S/C16H9ClN6OS/c1-2-6-23-16(24)22-9-18-13(14(22)20-21-23)15-19-12(8-25-15)10-4-3-5-11(17)7-10/h1,3-5,7-9H,6H2. The summed E-state index contributed by atoms with van der Waals surface area (Å²) in [7, 11) is 0. The van der Waals surface area contributed by atoms with Crippen LogP contribution in [0.3, 0.4) is 0 Å². The summed E-state index contributed by atoms with van der Waals surface area (Å²) in [5, 5.41) is 11.1. The number of hydrogen-bond donors (Lipinski definition) is 0. The predicted molar refractivity (Wildman–Crippen MR) is 95.4 cm³/mol. The molecule has 1 aromatic carbocycles. The summed E-state index contributed by atoms with van der Waals surface area (Å²) in [4.78, 5) is 21.1. The number of fused-ring (bicyclic) bond motifs is 1. The van der Waals surface area contributed by atoms with Crippen molar-refractivity contribution in [3.8, 4) is 34.3 Å². The Labute approximate surface area is 150 Å². The monoisotopic (exact) mass is 368 g/mol. The van der Waals surface area contributed by atoms with Gasteiger partial charge in [-0.15, -0.1) is 22.9 Å². The average molecular weight is 369 g/mol. The van der Waals surface area contributed by atoms with Crippen molar-refractivity contribution in [2.75, 3.05) is 0 Å². The lowest BCUT2D eigenvalue weighted by atomic mass is 10.2. The maximum atomic E-state index is 12.3. The van der Waals surface area contributed by atoms with E-state index in [-0.39, 0.29) is 6.54 Å². The molecule has 0 amide bonds. The molecule has 0 atom stereocenters. The molecule has 0 unspecified atom stereocenters. The summed E-state index contributed by atoms with van der Waals surface area (Å²) in [6.45, 7) is 0.0471. The molecule has 0 bridgehead atoms. The van der Waals surface area contributed by atoms with E-state index in [1.165, 1.54) is 22.1 Å². The van der Waals surface area contributed by atoms with E-state index in [2.05, 4.69) is 26.2 Å². The van der Waals surface area contributed by atoms with E-state index in [1.807, 2.05) is 23.6 Å². The molecule has 9 heteroatoms. The third-order valence-electron chi connectivity index (χ3n) is 3.48. The van der Waals surface area contributed by atoms with E-state index < -0.39 is 5.69 Å². The van der Waals surface area contributed by atoms with Crippen molar-refractivity contribution in [2.24, 2.45) is 0 Å². The minimum Gasteiger partial charge on any atom is -0.245 e. The fourth-order valence-corrected chi connectivity index (χ4v) is 3.34. The third-order valence-corrected chi connectivity index (χ3v) is 4.57. The van der Waals surface area contributed by atoms with Gasteiger partial charge >= 0.3 is 5.69 Å². The van der Waals surface area contributed by atoms with Crippen LogP contribution in [0.5, 0.6) is 0 Å². The Hall–Kier alpha value is -3.02. The van der Waals surface area contributed by atoms with E-state index in [9.17, 15) is 4.79 Å². The van der Waals surface area contributed by atoms with E-state index in [0.29, 0.717) is 21.4 Å².